The Labute approximate surface area is 91.2 Å². The maximum Gasteiger partial charge on any atom is 0.326 e. The van der Waals surface area contributed by atoms with E-state index < -0.39 is 0 Å². The van der Waals surface area contributed by atoms with E-state index in [-0.39, 0.29) is 5.69 Å². The first-order chi connectivity index (χ1) is 7.18. The zero-order valence-electron chi connectivity index (χ0n) is 8.10. The second-order valence-electron chi connectivity index (χ2n) is 3.12. The van der Waals surface area contributed by atoms with Crippen molar-refractivity contribution in [2.24, 2.45) is 7.05 Å². The summed E-state index contributed by atoms with van der Waals surface area (Å²) in [7, 11) is 1.70. The molecule has 1 N–H and O–H groups in total. The van der Waals surface area contributed by atoms with Gasteiger partial charge < -0.3 is 0 Å². The van der Waals surface area contributed by atoms with Gasteiger partial charge in [-0.05, 0) is 18.2 Å². The van der Waals surface area contributed by atoms with Gasteiger partial charge in [-0.2, -0.15) is 0 Å². The van der Waals surface area contributed by atoms with Gasteiger partial charge in [0.1, 0.15) is 4.64 Å². The molecule has 5 heteroatoms. The lowest BCUT2D eigenvalue weighted by Gasteiger charge is -2.06. The molecule has 0 saturated carbocycles. The molecule has 2 aromatic heterocycles. The molecule has 0 bridgehead atoms. The Balaban J connectivity index is 2.74. The highest BCUT2D eigenvalue weighted by Crippen LogP contribution is 2.14. The van der Waals surface area contributed by atoms with Gasteiger partial charge in [-0.3, -0.25) is 14.5 Å². The Hall–Kier alpha value is -1.75. The average molecular weight is 219 g/mol. The topological polar surface area (TPSA) is 50.7 Å². The summed E-state index contributed by atoms with van der Waals surface area (Å²) in [5, 5.41) is 0. The van der Waals surface area contributed by atoms with Gasteiger partial charge in [0.2, 0.25) is 0 Å². The smallest absolute Gasteiger partial charge is 0.298 e. The molecule has 0 aliphatic carbocycles. The van der Waals surface area contributed by atoms with E-state index in [4.69, 9.17) is 12.2 Å². The molecule has 0 radical (unpaired) electrons. The number of hydrogen-bond donors (Lipinski definition) is 1. The van der Waals surface area contributed by atoms with Crippen LogP contribution in [-0.2, 0) is 7.05 Å². The van der Waals surface area contributed by atoms with Crippen molar-refractivity contribution < 1.29 is 0 Å². The number of aromatic amines is 1. The predicted octanol–water partition coefficient (Wildman–Crippen LogP) is 1.50. The summed E-state index contributed by atoms with van der Waals surface area (Å²) in [5.41, 5.74) is 1.49. The van der Waals surface area contributed by atoms with Crippen LogP contribution in [0.5, 0.6) is 0 Å². The average Bonchev–Trinajstić information content (AvgIpc) is 2.24. The van der Waals surface area contributed by atoms with E-state index in [1.54, 1.807) is 25.5 Å². The molecule has 0 aliphatic rings. The van der Waals surface area contributed by atoms with Crippen molar-refractivity contribution in [3.05, 3.63) is 45.7 Å². The van der Waals surface area contributed by atoms with Crippen LogP contribution in [0.15, 0.2) is 35.4 Å². The minimum absolute atomic E-state index is 0.214. The zero-order valence-corrected chi connectivity index (χ0v) is 8.91. The van der Waals surface area contributed by atoms with Gasteiger partial charge in [-0.1, -0.05) is 12.2 Å². The Morgan fingerprint density at radius 2 is 2.07 bits per heavy atom. The third-order valence-electron chi connectivity index (χ3n) is 2.14. The Bertz CT molecular complexity index is 586. The summed E-state index contributed by atoms with van der Waals surface area (Å²) in [4.78, 5) is 17.9. The van der Waals surface area contributed by atoms with Gasteiger partial charge in [0.15, 0.2) is 0 Å². The first kappa shape index (κ1) is 9.79. The number of H-pyrrole nitrogens is 1. The molecule has 15 heavy (non-hydrogen) atoms. The van der Waals surface area contributed by atoms with Gasteiger partial charge in [-0.25, -0.2) is 4.79 Å². The van der Waals surface area contributed by atoms with E-state index in [0.717, 1.165) is 11.3 Å². The van der Waals surface area contributed by atoms with Crippen LogP contribution in [0.25, 0.3) is 11.3 Å². The molecule has 0 spiro atoms. The molecular formula is C10H9N3OS. The van der Waals surface area contributed by atoms with Crippen molar-refractivity contribution in [1.29, 1.82) is 0 Å². The lowest BCUT2D eigenvalue weighted by atomic mass is 10.2. The van der Waals surface area contributed by atoms with E-state index in [9.17, 15) is 4.79 Å². The van der Waals surface area contributed by atoms with E-state index >= 15 is 0 Å². The minimum atomic E-state index is -0.214. The van der Waals surface area contributed by atoms with Crippen LogP contribution in [0.4, 0.5) is 0 Å². The van der Waals surface area contributed by atoms with Crippen LogP contribution in [-0.4, -0.2) is 14.5 Å². The van der Waals surface area contributed by atoms with Gasteiger partial charge in [-0.15, -0.1) is 0 Å². The third kappa shape index (κ3) is 1.87. The van der Waals surface area contributed by atoms with Crippen LogP contribution in [0.2, 0.25) is 0 Å². The van der Waals surface area contributed by atoms with Crippen LogP contribution in [0.3, 0.4) is 0 Å². The summed E-state index contributed by atoms with van der Waals surface area (Å²) >= 11 is 4.96. The molecule has 2 aromatic rings. The number of hydrogen-bond acceptors (Lipinski definition) is 3. The van der Waals surface area contributed by atoms with Crippen molar-refractivity contribution in [2.75, 3.05) is 0 Å². The number of nitrogens with zero attached hydrogens (tertiary/aromatic N) is 2. The van der Waals surface area contributed by atoms with Crippen molar-refractivity contribution in [3.8, 4) is 11.3 Å². The van der Waals surface area contributed by atoms with Crippen molar-refractivity contribution >= 4 is 12.2 Å². The SMILES string of the molecule is Cn1c(-c2ccncc2)cc(=S)[nH]c1=O. The highest BCUT2D eigenvalue weighted by atomic mass is 32.1. The van der Waals surface area contributed by atoms with E-state index in [1.165, 1.54) is 4.57 Å². The summed E-state index contributed by atoms with van der Waals surface area (Å²) < 4.78 is 1.95. The van der Waals surface area contributed by atoms with Crippen LogP contribution >= 0.6 is 12.2 Å². The van der Waals surface area contributed by atoms with Gasteiger partial charge in [0.25, 0.3) is 0 Å². The van der Waals surface area contributed by atoms with Crippen LogP contribution in [0, 0.1) is 4.64 Å². The first-order valence-corrected chi connectivity index (χ1v) is 4.80. The number of rotatable bonds is 1. The molecule has 0 fully saturated rings. The Kier molecular flexibility index (Phi) is 2.47. The second-order valence-corrected chi connectivity index (χ2v) is 3.56. The van der Waals surface area contributed by atoms with Gasteiger partial charge in [0.05, 0.1) is 5.69 Å². The molecular weight excluding hydrogens is 210 g/mol. The van der Waals surface area contributed by atoms with Gasteiger partial charge >= 0.3 is 5.69 Å². The number of nitrogens with one attached hydrogen (secondary N) is 1. The standard InChI is InChI=1S/C10H9N3OS/c1-13-8(6-9(15)12-10(13)14)7-2-4-11-5-3-7/h2-6H,1H3,(H,12,14,15). The molecule has 2 rings (SSSR count). The zero-order chi connectivity index (χ0) is 10.8. The molecule has 0 unspecified atom stereocenters. The molecule has 0 saturated heterocycles. The van der Waals surface area contributed by atoms with Crippen molar-refractivity contribution in [2.45, 2.75) is 0 Å². The van der Waals surface area contributed by atoms with Crippen molar-refractivity contribution in [1.82, 2.24) is 14.5 Å². The highest BCUT2D eigenvalue weighted by molar-refractivity contribution is 7.71. The molecule has 76 valence electrons. The van der Waals surface area contributed by atoms with E-state index in [1.807, 2.05) is 12.1 Å². The second kappa shape index (κ2) is 3.78. The van der Waals surface area contributed by atoms with Gasteiger partial charge in [0, 0.05) is 25.0 Å². The summed E-state index contributed by atoms with van der Waals surface area (Å²) in [6, 6.07) is 5.43. The highest BCUT2D eigenvalue weighted by Gasteiger charge is 2.02. The Morgan fingerprint density at radius 1 is 1.40 bits per heavy atom. The van der Waals surface area contributed by atoms with Crippen LogP contribution in [0.1, 0.15) is 0 Å². The fraction of sp³-hybridized carbons (Fsp3) is 0.100. The maximum atomic E-state index is 11.5. The van der Waals surface area contributed by atoms with Crippen LogP contribution < -0.4 is 5.69 Å². The monoisotopic (exact) mass is 219 g/mol. The molecule has 0 atom stereocenters. The molecule has 4 nitrogen and oxygen atoms in total. The summed E-state index contributed by atoms with van der Waals surface area (Å²) in [6.07, 6.45) is 3.36. The lowest BCUT2D eigenvalue weighted by molar-refractivity contribution is 0.815. The quantitative estimate of drug-likeness (QED) is 0.739. The fourth-order valence-corrected chi connectivity index (χ4v) is 1.55. The maximum absolute atomic E-state index is 11.5. The number of aromatic nitrogens is 3. The Morgan fingerprint density at radius 3 is 2.73 bits per heavy atom. The summed E-state index contributed by atoms with van der Waals surface area (Å²) in [5.74, 6) is 0. The molecule has 0 aliphatic heterocycles. The van der Waals surface area contributed by atoms with Crippen molar-refractivity contribution in [3.63, 3.8) is 0 Å². The first-order valence-electron chi connectivity index (χ1n) is 4.39. The summed E-state index contributed by atoms with van der Waals surface area (Å²) in [6.45, 7) is 0. The van der Waals surface area contributed by atoms with E-state index in [2.05, 4.69) is 9.97 Å². The number of pyridine rings is 1. The lowest BCUT2D eigenvalue weighted by Crippen LogP contribution is -2.21. The minimum Gasteiger partial charge on any atom is -0.298 e. The fourth-order valence-electron chi connectivity index (χ4n) is 1.36. The van der Waals surface area contributed by atoms with E-state index in [0.29, 0.717) is 4.64 Å². The normalized spacial score (nSPS) is 10.2. The molecule has 0 amide bonds. The predicted molar refractivity (Wildman–Crippen MR) is 60.1 cm³/mol. The largest absolute Gasteiger partial charge is 0.326 e. The molecule has 2 heterocycles. The third-order valence-corrected chi connectivity index (χ3v) is 2.36. The molecule has 0 aromatic carbocycles.